The summed E-state index contributed by atoms with van der Waals surface area (Å²) >= 11 is 0. The fourth-order valence-electron chi connectivity index (χ4n) is 3.89. The van der Waals surface area contributed by atoms with Crippen molar-refractivity contribution in [3.8, 4) is 11.3 Å². The topological polar surface area (TPSA) is 84.0 Å². The Bertz CT molecular complexity index is 880. The molecule has 0 bridgehead atoms. The van der Waals surface area contributed by atoms with E-state index in [1.54, 1.807) is 0 Å². The Hall–Kier alpha value is -2.15. The monoisotopic (exact) mass is 386 g/mol. The average Bonchev–Trinajstić information content (AvgIpc) is 3.01. The summed E-state index contributed by atoms with van der Waals surface area (Å²) < 4.78 is 23.5. The van der Waals surface area contributed by atoms with Crippen LogP contribution in [0.25, 0.3) is 11.3 Å². The van der Waals surface area contributed by atoms with Gasteiger partial charge in [-0.15, -0.1) is 0 Å². The van der Waals surface area contributed by atoms with Gasteiger partial charge in [0.1, 0.15) is 5.82 Å². The standard InChI is InChI=1S/C20H26N4O2S/c25-27(26)12-11-17(14-27)22-20-23-18(15-7-3-1-4-8-15)13-19(24-20)21-16-9-5-2-6-10-16/h1,3-4,7-8,13,16-17H,2,5-6,9-12,14H2,(H2,21,22,23,24). The third-order valence-electron chi connectivity index (χ3n) is 5.32. The zero-order chi connectivity index (χ0) is 18.7. The van der Waals surface area contributed by atoms with Crippen molar-refractivity contribution >= 4 is 21.6 Å². The van der Waals surface area contributed by atoms with Crippen LogP contribution in [0, 0.1) is 0 Å². The Labute approximate surface area is 160 Å². The van der Waals surface area contributed by atoms with Gasteiger partial charge in [-0.3, -0.25) is 0 Å². The van der Waals surface area contributed by atoms with E-state index < -0.39 is 9.84 Å². The SMILES string of the molecule is O=S1(=O)CCC(Nc2nc(NC3CCCCC3)cc(-c3ccccc3)n2)C1. The molecular weight excluding hydrogens is 360 g/mol. The van der Waals surface area contributed by atoms with E-state index in [0.29, 0.717) is 18.4 Å². The van der Waals surface area contributed by atoms with Gasteiger partial charge in [-0.2, -0.15) is 4.98 Å². The minimum Gasteiger partial charge on any atom is -0.367 e. The van der Waals surface area contributed by atoms with E-state index in [1.807, 2.05) is 36.4 Å². The van der Waals surface area contributed by atoms with E-state index >= 15 is 0 Å². The molecule has 1 aliphatic carbocycles. The second-order valence-electron chi connectivity index (χ2n) is 7.55. The van der Waals surface area contributed by atoms with Crippen LogP contribution in [0.4, 0.5) is 11.8 Å². The van der Waals surface area contributed by atoms with Gasteiger partial charge in [0.05, 0.1) is 17.2 Å². The zero-order valence-electron chi connectivity index (χ0n) is 15.4. The van der Waals surface area contributed by atoms with Crippen LogP contribution in [0.3, 0.4) is 0 Å². The Morgan fingerprint density at radius 3 is 2.37 bits per heavy atom. The summed E-state index contributed by atoms with van der Waals surface area (Å²) in [6.07, 6.45) is 6.73. The fourth-order valence-corrected chi connectivity index (χ4v) is 5.56. The van der Waals surface area contributed by atoms with Gasteiger partial charge >= 0.3 is 0 Å². The minimum absolute atomic E-state index is 0.122. The highest BCUT2D eigenvalue weighted by atomic mass is 32.2. The Morgan fingerprint density at radius 1 is 0.889 bits per heavy atom. The summed E-state index contributed by atoms with van der Waals surface area (Å²) in [5, 5.41) is 6.81. The molecule has 1 aromatic carbocycles. The molecule has 2 aliphatic rings. The highest BCUT2D eigenvalue weighted by Crippen LogP contribution is 2.26. The van der Waals surface area contributed by atoms with Crippen molar-refractivity contribution in [1.29, 1.82) is 0 Å². The maximum atomic E-state index is 11.8. The molecule has 6 nitrogen and oxygen atoms in total. The van der Waals surface area contributed by atoms with Crippen molar-refractivity contribution in [1.82, 2.24) is 9.97 Å². The molecule has 1 saturated heterocycles. The van der Waals surface area contributed by atoms with Crippen LogP contribution in [0.5, 0.6) is 0 Å². The van der Waals surface area contributed by atoms with E-state index in [9.17, 15) is 8.42 Å². The second-order valence-corrected chi connectivity index (χ2v) is 9.78. The molecule has 1 aromatic heterocycles. The van der Waals surface area contributed by atoms with Crippen LogP contribution in [0.1, 0.15) is 38.5 Å². The Balaban J connectivity index is 1.59. The van der Waals surface area contributed by atoms with Crippen LogP contribution < -0.4 is 10.6 Å². The van der Waals surface area contributed by atoms with Crippen LogP contribution >= 0.6 is 0 Å². The summed E-state index contributed by atoms with van der Waals surface area (Å²) in [5.74, 6) is 1.68. The quantitative estimate of drug-likeness (QED) is 0.818. The number of rotatable bonds is 5. The summed E-state index contributed by atoms with van der Waals surface area (Å²) in [4.78, 5) is 9.29. The number of benzene rings is 1. The van der Waals surface area contributed by atoms with E-state index in [4.69, 9.17) is 0 Å². The molecule has 0 spiro atoms. The first-order valence-electron chi connectivity index (χ1n) is 9.75. The smallest absolute Gasteiger partial charge is 0.225 e. The maximum Gasteiger partial charge on any atom is 0.225 e. The predicted molar refractivity (Wildman–Crippen MR) is 109 cm³/mol. The molecule has 1 unspecified atom stereocenters. The molecule has 144 valence electrons. The number of anilines is 2. The lowest BCUT2D eigenvalue weighted by molar-refractivity contribution is 0.462. The van der Waals surface area contributed by atoms with Gasteiger partial charge in [0.25, 0.3) is 0 Å². The molecular formula is C20H26N4O2S. The number of hydrogen-bond acceptors (Lipinski definition) is 6. The van der Waals surface area contributed by atoms with Gasteiger partial charge in [0, 0.05) is 23.7 Å². The number of sulfone groups is 1. The molecule has 2 heterocycles. The fraction of sp³-hybridized carbons (Fsp3) is 0.500. The van der Waals surface area contributed by atoms with Crippen LogP contribution in [0.15, 0.2) is 36.4 Å². The average molecular weight is 387 g/mol. The van der Waals surface area contributed by atoms with E-state index in [0.717, 1.165) is 29.9 Å². The molecule has 4 rings (SSSR count). The van der Waals surface area contributed by atoms with Crippen molar-refractivity contribution in [2.24, 2.45) is 0 Å². The molecule has 2 fully saturated rings. The normalized spacial score (nSPS) is 22.4. The van der Waals surface area contributed by atoms with Crippen molar-refractivity contribution in [2.75, 3.05) is 22.1 Å². The van der Waals surface area contributed by atoms with Crippen molar-refractivity contribution in [3.05, 3.63) is 36.4 Å². The first-order chi connectivity index (χ1) is 13.1. The molecule has 0 amide bonds. The lowest BCUT2D eigenvalue weighted by atomic mass is 9.95. The lowest BCUT2D eigenvalue weighted by Gasteiger charge is -2.24. The molecule has 1 atom stereocenters. The van der Waals surface area contributed by atoms with Crippen molar-refractivity contribution in [2.45, 2.75) is 50.6 Å². The summed E-state index contributed by atoms with van der Waals surface area (Å²) in [6.45, 7) is 0. The number of hydrogen-bond donors (Lipinski definition) is 2. The van der Waals surface area contributed by atoms with Crippen molar-refractivity contribution < 1.29 is 8.42 Å². The largest absolute Gasteiger partial charge is 0.367 e. The van der Waals surface area contributed by atoms with E-state index in [-0.39, 0.29) is 17.5 Å². The van der Waals surface area contributed by atoms with Crippen LogP contribution in [-0.2, 0) is 9.84 Å². The third kappa shape index (κ3) is 4.77. The van der Waals surface area contributed by atoms with Gasteiger partial charge in [-0.05, 0) is 19.3 Å². The molecule has 1 saturated carbocycles. The van der Waals surface area contributed by atoms with Gasteiger partial charge < -0.3 is 10.6 Å². The van der Waals surface area contributed by atoms with E-state index in [2.05, 4.69) is 20.6 Å². The van der Waals surface area contributed by atoms with E-state index in [1.165, 1.54) is 19.3 Å². The Kier molecular flexibility index (Phi) is 5.29. The highest BCUT2D eigenvalue weighted by Gasteiger charge is 2.28. The van der Waals surface area contributed by atoms with Gasteiger partial charge in [-0.25, -0.2) is 13.4 Å². The van der Waals surface area contributed by atoms with Crippen LogP contribution in [0.2, 0.25) is 0 Å². The van der Waals surface area contributed by atoms with Crippen molar-refractivity contribution in [3.63, 3.8) is 0 Å². The summed E-state index contributed by atoms with van der Waals surface area (Å²) in [5.41, 5.74) is 1.86. The maximum absolute atomic E-state index is 11.8. The van der Waals surface area contributed by atoms with Crippen LogP contribution in [-0.4, -0.2) is 42.0 Å². The molecule has 2 N–H and O–H groups in total. The number of nitrogens with zero attached hydrogens (tertiary/aromatic N) is 2. The zero-order valence-corrected chi connectivity index (χ0v) is 16.2. The minimum atomic E-state index is -2.94. The third-order valence-corrected chi connectivity index (χ3v) is 7.09. The predicted octanol–water partition coefficient (Wildman–Crippen LogP) is 3.49. The summed E-state index contributed by atoms with van der Waals surface area (Å²) in [7, 11) is -2.94. The molecule has 2 aromatic rings. The van der Waals surface area contributed by atoms with Gasteiger partial charge in [0.2, 0.25) is 5.95 Å². The molecule has 7 heteroatoms. The number of nitrogens with one attached hydrogen (secondary N) is 2. The highest BCUT2D eigenvalue weighted by molar-refractivity contribution is 7.91. The second kappa shape index (κ2) is 7.84. The van der Waals surface area contributed by atoms with Gasteiger partial charge in [0.15, 0.2) is 9.84 Å². The number of aromatic nitrogens is 2. The Morgan fingerprint density at radius 2 is 1.67 bits per heavy atom. The molecule has 0 radical (unpaired) electrons. The first kappa shape index (κ1) is 18.2. The first-order valence-corrected chi connectivity index (χ1v) is 11.6. The molecule has 27 heavy (non-hydrogen) atoms. The lowest BCUT2D eigenvalue weighted by Crippen LogP contribution is -2.25. The van der Waals surface area contributed by atoms with Gasteiger partial charge in [-0.1, -0.05) is 49.6 Å². The molecule has 1 aliphatic heterocycles. The summed E-state index contributed by atoms with van der Waals surface area (Å²) in [6, 6.07) is 12.3.